The highest BCUT2D eigenvalue weighted by Gasteiger charge is 2.36. The van der Waals surface area contributed by atoms with Crippen molar-refractivity contribution in [3.8, 4) is 0 Å². The molecule has 1 aliphatic heterocycles. The van der Waals surface area contributed by atoms with E-state index in [0.29, 0.717) is 21.6 Å². The second-order valence-corrected chi connectivity index (χ2v) is 7.24. The van der Waals surface area contributed by atoms with Gasteiger partial charge in [-0.3, -0.25) is 19.3 Å². The van der Waals surface area contributed by atoms with E-state index < -0.39 is 17.1 Å². The molecule has 0 aliphatic carbocycles. The predicted molar refractivity (Wildman–Crippen MR) is 97.4 cm³/mol. The number of thioether (sulfide) groups is 1. The molecule has 3 aromatic rings. The van der Waals surface area contributed by atoms with Crippen LogP contribution in [0, 0.1) is 0 Å². The van der Waals surface area contributed by atoms with Crippen LogP contribution < -0.4 is 5.32 Å². The molecule has 1 aliphatic rings. The number of amides is 3. The second-order valence-electron chi connectivity index (χ2n) is 5.27. The monoisotopic (exact) mass is 386 g/mol. The highest BCUT2D eigenvalue weighted by Crippen LogP contribution is 2.32. The van der Waals surface area contributed by atoms with Gasteiger partial charge in [-0.05, 0) is 51.7 Å². The first-order valence-electron chi connectivity index (χ1n) is 7.42. The maximum absolute atomic E-state index is 12.4. The van der Waals surface area contributed by atoms with Gasteiger partial charge in [-0.2, -0.15) is 0 Å². The first kappa shape index (κ1) is 16.5. The topological polar surface area (TPSA) is 105 Å². The van der Waals surface area contributed by atoms with Gasteiger partial charge in [-0.1, -0.05) is 12.1 Å². The second kappa shape index (κ2) is 6.73. The van der Waals surface area contributed by atoms with Crippen LogP contribution in [0.4, 0.5) is 10.5 Å². The summed E-state index contributed by atoms with van der Waals surface area (Å²) < 4.78 is 4.64. The van der Waals surface area contributed by atoms with Crippen molar-refractivity contribution in [1.82, 2.24) is 15.2 Å². The van der Waals surface area contributed by atoms with Crippen molar-refractivity contribution in [2.45, 2.75) is 0 Å². The molecular formula is C16H10N4O4S2. The Labute approximate surface area is 154 Å². The SMILES string of the molecule is O=C(CN1C(=O)S/C(=C\c2cccs2)C1=O)Nc1cccc2nonc12. The first-order valence-corrected chi connectivity index (χ1v) is 9.11. The van der Waals surface area contributed by atoms with Crippen LogP contribution in [0.25, 0.3) is 17.1 Å². The molecule has 3 heterocycles. The Morgan fingerprint density at radius 1 is 1.23 bits per heavy atom. The van der Waals surface area contributed by atoms with Crippen molar-refractivity contribution in [1.29, 1.82) is 0 Å². The quantitative estimate of drug-likeness (QED) is 0.687. The van der Waals surface area contributed by atoms with E-state index in [2.05, 4.69) is 20.3 Å². The van der Waals surface area contributed by atoms with Crippen molar-refractivity contribution in [3.63, 3.8) is 0 Å². The van der Waals surface area contributed by atoms with Gasteiger partial charge in [0.1, 0.15) is 12.1 Å². The lowest BCUT2D eigenvalue weighted by Crippen LogP contribution is -2.36. The van der Waals surface area contributed by atoms with Gasteiger partial charge in [0.15, 0.2) is 5.52 Å². The summed E-state index contributed by atoms with van der Waals surface area (Å²) in [6.07, 6.45) is 1.65. The van der Waals surface area contributed by atoms with E-state index in [9.17, 15) is 14.4 Å². The minimum Gasteiger partial charge on any atom is -0.322 e. The number of benzene rings is 1. The van der Waals surface area contributed by atoms with Crippen LogP contribution in [-0.4, -0.2) is 38.8 Å². The zero-order valence-corrected chi connectivity index (χ0v) is 14.7. The Bertz CT molecular complexity index is 1040. The van der Waals surface area contributed by atoms with Crippen LogP contribution in [0.15, 0.2) is 45.2 Å². The largest absolute Gasteiger partial charge is 0.322 e. The predicted octanol–water partition coefficient (Wildman–Crippen LogP) is 2.96. The van der Waals surface area contributed by atoms with E-state index in [1.165, 1.54) is 11.3 Å². The van der Waals surface area contributed by atoms with Crippen LogP contribution in [0.1, 0.15) is 4.88 Å². The van der Waals surface area contributed by atoms with Crippen LogP contribution in [0.2, 0.25) is 0 Å². The first-order chi connectivity index (χ1) is 12.6. The van der Waals surface area contributed by atoms with Gasteiger partial charge in [-0.15, -0.1) is 11.3 Å². The summed E-state index contributed by atoms with van der Waals surface area (Å²) in [5, 5.41) is 11.4. The molecule has 1 N–H and O–H groups in total. The number of anilines is 1. The van der Waals surface area contributed by atoms with Crippen molar-refractivity contribution in [2.24, 2.45) is 0 Å². The minimum atomic E-state index is -0.514. The fourth-order valence-electron chi connectivity index (χ4n) is 2.38. The number of hydrogen-bond acceptors (Lipinski definition) is 8. The number of aromatic nitrogens is 2. The lowest BCUT2D eigenvalue weighted by molar-refractivity contribution is -0.127. The Morgan fingerprint density at radius 3 is 2.92 bits per heavy atom. The number of imide groups is 1. The zero-order chi connectivity index (χ0) is 18.1. The molecule has 4 rings (SSSR count). The summed E-state index contributed by atoms with van der Waals surface area (Å²) in [6.45, 7) is -0.381. The van der Waals surface area contributed by atoms with Gasteiger partial charge >= 0.3 is 0 Å². The molecule has 0 bridgehead atoms. The average Bonchev–Trinajstić information content (AvgIpc) is 3.34. The normalized spacial score (nSPS) is 16.0. The minimum absolute atomic E-state index is 0.299. The Morgan fingerprint density at radius 2 is 2.12 bits per heavy atom. The summed E-state index contributed by atoms with van der Waals surface area (Å²) in [6, 6.07) is 8.71. The number of carbonyl (C=O) groups excluding carboxylic acids is 3. The summed E-state index contributed by atoms with van der Waals surface area (Å²) in [4.78, 5) is 38.9. The smallest absolute Gasteiger partial charge is 0.294 e. The molecule has 0 atom stereocenters. The van der Waals surface area contributed by atoms with Crippen molar-refractivity contribution >= 4 is 62.9 Å². The molecule has 26 heavy (non-hydrogen) atoms. The van der Waals surface area contributed by atoms with Crippen LogP contribution >= 0.6 is 23.1 Å². The van der Waals surface area contributed by atoms with Gasteiger partial charge in [-0.25, -0.2) is 4.63 Å². The third-order valence-corrected chi connectivity index (χ3v) is 5.28. The van der Waals surface area contributed by atoms with E-state index in [0.717, 1.165) is 21.5 Å². The van der Waals surface area contributed by atoms with E-state index in [4.69, 9.17) is 0 Å². The van der Waals surface area contributed by atoms with E-state index in [1.54, 1.807) is 24.3 Å². The summed E-state index contributed by atoms with van der Waals surface area (Å²) in [5.41, 5.74) is 1.29. The zero-order valence-electron chi connectivity index (χ0n) is 13.0. The summed E-state index contributed by atoms with van der Waals surface area (Å²) >= 11 is 2.28. The third kappa shape index (κ3) is 3.11. The van der Waals surface area contributed by atoms with E-state index >= 15 is 0 Å². The number of nitrogens with zero attached hydrogens (tertiary/aromatic N) is 3. The van der Waals surface area contributed by atoms with Gasteiger partial charge in [0.05, 0.1) is 10.6 Å². The lowest BCUT2D eigenvalue weighted by atomic mass is 10.2. The van der Waals surface area contributed by atoms with Crippen molar-refractivity contribution in [3.05, 3.63) is 45.5 Å². The molecule has 0 saturated carbocycles. The molecule has 3 amide bonds. The molecule has 0 spiro atoms. The summed E-state index contributed by atoms with van der Waals surface area (Å²) in [5.74, 6) is -0.995. The van der Waals surface area contributed by atoms with Crippen LogP contribution in [0.5, 0.6) is 0 Å². The number of hydrogen-bond donors (Lipinski definition) is 1. The molecular weight excluding hydrogens is 376 g/mol. The highest BCUT2D eigenvalue weighted by molar-refractivity contribution is 8.18. The highest BCUT2D eigenvalue weighted by atomic mass is 32.2. The van der Waals surface area contributed by atoms with Gasteiger partial charge in [0.2, 0.25) is 5.91 Å². The molecule has 1 fully saturated rings. The molecule has 10 heteroatoms. The Balaban J connectivity index is 1.48. The molecule has 8 nitrogen and oxygen atoms in total. The maximum Gasteiger partial charge on any atom is 0.294 e. The van der Waals surface area contributed by atoms with Crippen molar-refractivity contribution in [2.75, 3.05) is 11.9 Å². The fraction of sp³-hybridized carbons (Fsp3) is 0.0625. The van der Waals surface area contributed by atoms with E-state index in [-0.39, 0.29) is 6.54 Å². The number of rotatable bonds is 4. The standard InChI is InChI=1S/C16H10N4O4S2/c21-13(17-10-4-1-5-11-14(10)19-24-18-11)8-20-15(22)12(26-16(20)23)7-9-3-2-6-25-9/h1-7H,8H2,(H,17,21)/b12-7-. The molecule has 1 saturated heterocycles. The molecule has 130 valence electrons. The Kier molecular flexibility index (Phi) is 4.27. The molecule has 0 radical (unpaired) electrons. The third-order valence-electron chi connectivity index (χ3n) is 3.55. The number of carbonyl (C=O) groups is 3. The van der Waals surface area contributed by atoms with Gasteiger partial charge in [0.25, 0.3) is 11.1 Å². The maximum atomic E-state index is 12.4. The fourth-order valence-corrected chi connectivity index (χ4v) is 3.94. The van der Waals surface area contributed by atoms with Gasteiger partial charge in [0, 0.05) is 4.88 Å². The van der Waals surface area contributed by atoms with Crippen molar-refractivity contribution < 1.29 is 19.0 Å². The molecule has 2 aromatic heterocycles. The van der Waals surface area contributed by atoms with E-state index in [1.807, 2.05) is 17.5 Å². The van der Waals surface area contributed by atoms with Crippen LogP contribution in [0.3, 0.4) is 0 Å². The van der Waals surface area contributed by atoms with Gasteiger partial charge < -0.3 is 5.32 Å². The molecule has 0 unspecified atom stereocenters. The number of thiophene rings is 1. The summed E-state index contributed by atoms with van der Waals surface area (Å²) in [7, 11) is 0. The Hall–Kier alpha value is -2.98. The average molecular weight is 386 g/mol. The molecule has 1 aromatic carbocycles. The lowest BCUT2D eigenvalue weighted by Gasteiger charge is -2.12. The number of fused-ring (bicyclic) bond motifs is 1. The number of nitrogens with one attached hydrogen (secondary N) is 1. The van der Waals surface area contributed by atoms with Crippen LogP contribution in [-0.2, 0) is 9.59 Å².